The van der Waals surface area contributed by atoms with Crippen LogP contribution in [0.4, 0.5) is 0 Å². The Morgan fingerprint density at radius 1 is 1.59 bits per heavy atom. The number of carbonyl (C=O) groups is 1. The summed E-state index contributed by atoms with van der Waals surface area (Å²) in [4.78, 5) is 16.0. The van der Waals surface area contributed by atoms with Gasteiger partial charge in [-0.05, 0) is 31.4 Å². The van der Waals surface area contributed by atoms with Crippen molar-refractivity contribution in [2.75, 3.05) is 7.11 Å². The van der Waals surface area contributed by atoms with Crippen LogP contribution in [0.5, 0.6) is 5.88 Å². The summed E-state index contributed by atoms with van der Waals surface area (Å²) < 4.78 is 5.05. The molecule has 0 saturated heterocycles. The predicted molar refractivity (Wildman–Crippen MR) is 63.9 cm³/mol. The van der Waals surface area contributed by atoms with E-state index in [-0.39, 0.29) is 18.0 Å². The van der Waals surface area contributed by atoms with Crippen LogP contribution in [0.3, 0.4) is 0 Å². The van der Waals surface area contributed by atoms with Gasteiger partial charge in [0.25, 0.3) is 5.91 Å². The number of hydrogen-bond acceptors (Lipinski definition) is 4. The molecule has 1 aromatic heterocycles. The van der Waals surface area contributed by atoms with E-state index in [1.165, 1.54) is 7.11 Å². The second-order valence-electron chi connectivity index (χ2n) is 4.23. The maximum atomic E-state index is 12.0. The number of pyridine rings is 1. The molecule has 92 valence electrons. The average molecular weight is 235 g/mol. The number of rotatable bonds is 3. The summed E-state index contributed by atoms with van der Waals surface area (Å²) in [5.41, 5.74) is 6.37. The van der Waals surface area contributed by atoms with Crippen molar-refractivity contribution in [3.8, 4) is 5.88 Å². The second kappa shape index (κ2) is 5.14. The third-order valence-corrected chi connectivity index (χ3v) is 3.10. The normalized spacial score (nSPS) is 23.4. The quantitative estimate of drug-likeness (QED) is 0.808. The molecule has 2 atom stereocenters. The van der Waals surface area contributed by atoms with Gasteiger partial charge in [0.15, 0.2) is 0 Å². The molecule has 0 aliphatic heterocycles. The summed E-state index contributed by atoms with van der Waals surface area (Å²) in [5.74, 6) is 0.175. The molecule has 0 spiro atoms. The Balaban J connectivity index is 2.09. The first-order valence-electron chi connectivity index (χ1n) is 5.78. The van der Waals surface area contributed by atoms with Gasteiger partial charge in [-0.15, -0.1) is 0 Å². The molecule has 0 bridgehead atoms. The van der Waals surface area contributed by atoms with E-state index in [0.717, 1.165) is 19.3 Å². The zero-order valence-electron chi connectivity index (χ0n) is 9.85. The monoisotopic (exact) mass is 235 g/mol. The molecule has 3 N–H and O–H groups in total. The van der Waals surface area contributed by atoms with Gasteiger partial charge in [-0.1, -0.05) is 0 Å². The molecule has 1 heterocycles. The van der Waals surface area contributed by atoms with E-state index in [1.54, 1.807) is 18.3 Å². The van der Waals surface area contributed by atoms with Gasteiger partial charge in [0.1, 0.15) is 5.56 Å². The first kappa shape index (κ1) is 11.9. The molecule has 1 amide bonds. The number of amides is 1. The lowest BCUT2D eigenvalue weighted by Crippen LogP contribution is -2.44. The van der Waals surface area contributed by atoms with Crippen LogP contribution in [0.25, 0.3) is 0 Å². The van der Waals surface area contributed by atoms with Gasteiger partial charge in [0, 0.05) is 18.3 Å². The zero-order valence-corrected chi connectivity index (χ0v) is 9.85. The Morgan fingerprint density at radius 3 is 3.06 bits per heavy atom. The van der Waals surface area contributed by atoms with Crippen molar-refractivity contribution in [1.29, 1.82) is 0 Å². The fourth-order valence-electron chi connectivity index (χ4n) is 2.14. The summed E-state index contributed by atoms with van der Waals surface area (Å²) in [5, 5.41) is 2.94. The van der Waals surface area contributed by atoms with Crippen molar-refractivity contribution >= 4 is 5.91 Å². The Morgan fingerprint density at radius 2 is 2.41 bits per heavy atom. The molecule has 17 heavy (non-hydrogen) atoms. The molecule has 1 fully saturated rings. The molecule has 5 nitrogen and oxygen atoms in total. The summed E-state index contributed by atoms with van der Waals surface area (Å²) in [7, 11) is 1.50. The minimum atomic E-state index is -0.169. The molecule has 1 aliphatic carbocycles. The molecule has 2 rings (SSSR count). The van der Waals surface area contributed by atoms with Crippen LogP contribution in [0.2, 0.25) is 0 Å². The van der Waals surface area contributed by atoms with Gasteiger partial charge in [-0.2, -0.15) is 0 Å². The van der Waals surface area contributed by atoms with Crippen LogP contribution in [-0.2, 0) is 0 Å². The van der Waals surface area contributed by atoms with Gasteiger partial charge >= 0.3 is 0 Å². The zero-order chi connectivity index (χ0) is 12.3. The maximum Gasteiger partial charge on any atom is 0.257 e. The number of nitrogens with zero attached hydrogens (tertiary/aromatic N) is 1. The lowest BCUT2D eigenvalue weighted by Gasteiger charge is -2.17. The van der Waals surface area contributed by atoms with E-state index in [9.17, 15) is 4.79 Å². The van der Waals surface area contributed by atoms with Crippen molar-refractivity contribution in [1.82, 2.24) is 10.3 Å². The largest absolute Gasteiger partial charge is 0.480 e. The Hall–Kier alpha value is -1.62. The first-order chi connectivity index (χ1) is 8.22. The highest BCUT2D eigenvalue weighted by molar-refractivity contribution is 5.96. The number of nitrogens with one attached hydrogen (secondary N) is 1. The van der Waals surface area contributed by atoms with Crippen molar-refractivity contribution in [3.63, 3.8) is 0 Å². The molecule has 2 unspecified atom stereocenters. The highest BCUT2D eigenvalue weighted by atomic mass is 16.5. The molecule has 1 saturated carbocycles. The van der Waals surface area contributed by atoms with E-state index >= 15 is 0 Å². The fourth-order valence-corrected chi connectivity index (χ4v) is 2.14. The van der Waals surface area contributed by atoms with Crippen LogP contribution in [0.1, 0.15) is 29.6 Å². The molecular weight excluding hydrogens is 218 g/mol. The highest BCUT2D eigenvalue weighted by Gasteiger charge is 2.26. The van der Waals surface area contributed by atoms with E-state index in [2.05, 4.69) is 10.3 Å². The second-order valence-corrected chi connectivity index (χ2v) is 4.23. The minimum absolute atomic E-state index is 0.0571. The van der Waals surface area contributed by atoms with Crippen LogP contribution in [0, 0.1) is 0 Å². The summed E-state index contributed by atoms with van der Waals surface area (Å²) in [6, 6.07) is 3.53. The lowest BCUT2D eigenvalue weighted by atomic mass is 10.1. The molecular formula is C12H17N3O2. The standard InChI is InChI=1S/C12H17N3O2/c1-17-12-8(4-3-7-14-12)11(16)15-10-6-2-5-9(10)13/h3-4,7,9-10H,2,5-6,13H2,1H3,(H,15,16). The van der Waals surface area contributed by atoms with Crippen LogP contribution >= 0.6 is 0 Å². The van der Waals surface area contributed by atoms with E-state index < -0.39 is 0 Å². The number of aromatic nitrogens is 1. The molecule has 0 radical (unpaired) electrons. The third-order valence-electron chi connectivity index (χ3n) is 3.10. The number of ether oxygens (including phenoxy) is 1. The van der Waals surface area contributed by atoms with Gasteiger partial charge in [0.05, 0.1) is 7.11 Å². The van der Waals surface area contributed by atoms with Crippen molar-refractivity contribution in [3.05, 3.63) is 23.9 Å². The highest BCUT2D eigenvalue weighted by Crippen LogP contribution is 2.19. The third kappa shape index (κ3) is 2.55. The maximum absolute atomic E-state index is 12.0. The number of hydrogen-bond donors (Lipinski definition) is 2. The van der Waals surface area contributed by atoms with E-state index in [0.29, 0.717) is 11.4 Å². The van der Waals surface area contributed by atoms with Gasteiger partial charge in [0.2, 0.25) is 5.88 Å². The SMILES string of the molecule is COc1ncccc1C(=O)NC1CCCC1N. The van der Waals surface area contributed by atoms with Crippen LogP contribution < -0.4 is 15.8 Å². The van der Waals surface area contributed by atoms with Crippen molar-refractivity contribution < 1.29 is 9.53 Å². The Kier molecular flexibility index (Phi) is 3.58. The molecule has 0 aromatic carbocycles. The lowest BCUT2D eigenvalue weighted by molar-refractivity contribution is 0.0931. The van der Waals surface area contributed by atoms with E-state index in [1.807, 2.05) is 0 Å². The molecule has 1 aromatic rings. The van der Waals surface area contributed by atoms with Crippen molar-refractivity contribution in [2.24, 2.45) is 5.73 Å². The fraction of sp³-hybridized carbons (Fsp3) is 0.500. The van der Waals surface area contributed by atoms with Gasteiger partial charge in [-0.25, -0.2) is 4.98 Å². The van der Waals surface area contributed by atoms with Gasteiger partial charge < -0.3 is 15.8 Å². The summed E-state index contributed by atoms with van der Waals surface area (Å²) >= 11 is 0. The van der Waals surface area contributed by atoms with Crippen LogP contribution in [0.15, 0.2) is 18.3 Å². The Bertz CT molecular complexity index is 408. The average Bonchev–Trinajstić information content (AvgIpc) is 2.75. The Labute approximate surface area is 100 Å². The topological polar surface area (TPSA) is 77.2 Å². The van der Waals surface area contributed by atoms with Crippen LogP contribution in [-0.4, -0.2) is 30.1 Å². The summed E-state index contributed by atoms with van der Waals surface area (Å²) in [6.07, 6.45) is 4.57. The van der Waals surface area contributed by atoms with E-state index in [4.69, 9.17) is 10.5 Å². The number of methoxy groups -OCH3 is 1. The molecule has 1 aliphatic rings. The predicted octanol–water partition coefficient (Wildman–Crippen LogP) is 0.700. The van der Waals surface area contributed by atoms with Gasteiger partial charge in [-0.3, -0.25) is 4.79 Å². The molecule has 5 heteroatoms. The minimum Gasteiger partial charge on any atom is -0.480 e. The van der Waals surface area contributed by atoms with Crippen molar-refractivity contribution in [2.45, 2.75) is 31.3 Å². The first-order valence-corrected chi connectivity index (χ1v) is 5.78. The number of nitrogens with two attached hydrogens (primary N) is 1. The summed E-state index contributed by atoms with van der Waals surface area (Å²) in [6.45, 7) is 0. The number of carbonyl (C=O) groups excluding carboxylic acids is 1. The smallest absolute Gasteiger partial charge is 0.257 e.